The summed E-state index contributed by atoms with van der Waals surface area (Å²) in [6.45, 7) is 5.15. The van der Waals surface area contributed by atoms with Crippen molar-refractivity contribution in [3.63, 3.8) is 0 Å². The van der Waals surface area contributed by atoms with Gasteiger partial charge in [0.15, 0.2) is 11.6 Å². The zero-order chi connectivity index (χ0) is 25.6. The van der Waals surface area contributed by atoms with Crippen molar-refractivity contribution in [2.45, 2.75) is 69.3 Å². The third kappa shape index (κ3) is 4.57. The number of nitrogens with zero attached hydrogens (tertiary/aromatic N) is 1. The number of hydrogen-bond acceptors (Lipinski definition) is 5. The number of nitrogens with one attached hydrogen (secondary N) is 1. The maximum Gasteiger partial charge on any atom is 0.251 e. The molecule has 1 saturated carbocycles. The Kier molecular flexibility index (Phi) is 6.68. The van der Waals surface area contributed by atoms with Crippen LogP contribution in [0.25, 0.3) is 0 Å². The Morgan fingerprint density at radius 1 is 1.31 bits per heavy atom. The number of likely N-dealkylation sites (tertiary alicyclic amines) is 1. The molecule has 1 saturated heterocycles. The zero-order valence-corrected chi connectivity index (χ0v) is 21.0. The fraction of sp³-hybridized carbons (Fsp3) is 0.536. The standard InChI is InChI=1S/C28H34F2N2O4/c1-16(31-27(33)17-4-7-23-24(14-17)36-11-9-28(23,2)34)21-5-6-22(25(30)26(21)35-3)18-12-20(13-18)32-10-8-19(29)15-32/h4-7,14,16,18-20,34H,8-13,15H2,1-3H3,(H,31,33)/t16-,18?,19+,20?,28-/m0/s1. The Morgan fingerprint density at radius 3 is 2.78 bits per heavy atom. The lowest BCUT2D eigenvalue weighted by atomic mass is 9.74. The van der Waals surface area contributed by atoms with Gasteiger partial charge < -0.3 is 19.9 Å². The predicted molar refractivity (Wildman–Crippen MR) is 132 cm³/mol. The van der Waals surface area contributed by atoms with E-state index in [0.29, 0.717) is 60.0 Å². The number of amides is 1. The lowest BCUT2D eigenvalue weighted by Gasteiger charge is -2.41. The van der Waals surface area contributed by atoms with Crippen molar-refractivity contribution in [3.05, 3.63) is 58.4 Å². The van der Waals surface area contributed by atoms with Crippen LogP contribution in [0.2, 0.25) is 0 Å². The molecule has 2 N–H and O–H groups in total. The van der Waals surface area contributed by atoms with Gasteiger partial charge in [-0.25, -0.2) is 8.78 Å². The van der Waals surface area contributed by atoms with Crippen molar-refractivity contribution >= 4 is 5.91 Å². The number of halogens is 2. The van der Waals surface area contributed by atoms with Crippen LogP contribution in [-0.2, 0) is 5.60 Å². The quantitative estimate of drug-likeness (QED) is 0.607. The molecule has 1 aliphatic carbocycles. The highest BCUT2D eigenvalue weighted by molar-refractivity contribution is 5.95. The van der Waals surface area contributed by atoms with E-state index in [1.807, 2.05) is 6.07 Å². The second kappa shape index (κ2) is 9.63. The van der Waals surface area contributed by atoms with Gasteiger partial charge in [-0.15, -0.1) is 0 Å². The first-order valence-corrected chi connectivity index (χ1v) is 12.7. The molecular formula is C28H34F2N2O4. The summed E-state index contributed by atoms with van der Waals surface area (Å²) in [7, 11) is 1.43. The van der Waals surface area contributed by atoms with Gasteiger partial charge in [-0.3, -0.25) is 9.69 Å². The molecule has 2 aromatic rings. The molecule has 36 heavy (non-hydrogen) atoms. The second-order valence-electron chi connectivity index (χ2n) is 10.6. The van der Waals surface area contributed by atoms with Gasteiger partial charge in [0.25, 0.3) is 5.91 Å². The SMILES string of the molecule is COc1c([C@H](C)NC(=O)c2ccc3c(c2)OCC[C@]3(C)O)ccc(C2CC(N3CC[C@@H](F)C3)C2)c1F. The number of ether oxygens (including phenoxy) is 2. The first-order chi connectivity index (χ1) is 17.2. The molecule has 0 unspecified atom stereocenters. The third-order valence-corrected chi connectivity index (χ3v) is 8.08. The highest BCUT2D eigenvalue weighted by atomic mass is 19.1. The lowest BCUT2D eigenvalue weighted by Crippen LogP contribution is -2.42. The molecule has 2 aliphatic heterocycles. The van der Waals surface area contributed by atoms with E-state index in [2.05, 4.69) is 10.2 Å². The predicted octanol–water partition coefficient (Wildman–Crippen LogP) is 4.61. The van der Waals surface area contributed by atoms with Crippen LogP contribution in [0.15, 0.2) is 30.3 Å². The minimum atomic E-state index is -0.993. The maximum atomic E-state index is 15.5. The fourth-order valence-electron chi connectivity index (χ4n) is 5.74. The molecule has 0 bridgehead atoms. The van der Waals surface area contributed by atoms with Crippen LogP contribution in [0.4, 0.5) is 8.78 Å². The van der Waals surface area contributed by atoms with E-state index in [0.717, 1.165) is 19.4 Å². The summed E-state index contributed by atoms with van der Waals surface area (Å²) >= 11 is 0. The first-order valence-electron chi connectivity index (χ1n) is 12.7. The molecule has 1 amide bonds. The average Bonchev–Trinajstić information content (AvgIpc) is 3.23. The zero-order valence-electron chi connectivity index (χ0n) is 21.0. The van der Waals surface area contributed by atoms with Crippen molar-refractivity contribution in [2.75, 3.05) is 26.8 Å². The van der Waals surface area contributed by atoms with E-state index < -0.39 is 23.6 Å². The molecule has 194 valence electrons. The summed E-state index contributed by atoms with van der Waals surface area (Å²) in [5.74, 6) is -0.0138. The van der Waals surface area contributed by atoms with Gasteiger partial charge in [0, 0.05) is 42.2 Å². The monoisotopic (exact) mass is 500 g/mol. The normalized spacial score (nSPS) is 28.6. The summed E-state index contributed by atoms with van der Waals surface area (Å²) in [5.41, 5.74) is 1.23. The maximum absolute atomic E-state index is 15.5. The third-order valence-electron chi connectivity index (χ3n) is 8.08. The summed E-state index contributed by atoms with van der Waals surface area (Å²) in [6.07, 6.45) is 1.95. The van der Waals surface area contributed by atoms with Crippen LogP contribution in [0, 0.1) is 5.82 Å². The van der Waals surface area contributed by atoms with Crippen LogP contribution >= 0.6 is 0 Å². The minimum Gasteiger partial charge on any atom is -0.493 e. The van der Waals surface area contributed by atoms with Crippen LogP contribution in [-0.4, -0.2) is 54.9 Å². The van der Waals surface area contributed by atoms with Gasteiger partial charge in [-0.2, -0.15) is 0 Å². The summed E-state index contributed by atoms with van der Waals surface area (Å²) in [5, 5.41) is 13.5. The highest BCUT2D eigenvalue weighted by Crippen LogP contribution is 2.44. The lowest BCUT2D eigenvalue weighted by molar-refractivity contribution is 0.0146. The fourth-order valence-corrected chi connectivity index (χ4v) is 5.74. The average molecular weight is 501 g/mol. The van der Waals surface area contributed by atoms with Gasteiger partial charge in [0.2, 0.25) is 0 Å². The molecular weight excluding hydrogens is 466 g/mol. The Balaban J connectivity index is 1.28. The van der Waals surface area contributed by atoms with Crippen molar-refractivity contribution in [1.82, 2.24) is 10.2 Å². The molecule has 0 aromatic heterocycles. The second-order valence-corrected chi connectivity index (χ2v) is 10.6. The summed E-state index contributed by atoms with van der Waals surface area (Å²) in [6, 6.07) is 8.40. The number of hydrogen-bond donors (Lipinski definition) is 2. The van der Waals surface area contributed by atoms with E-state index in [-0.39, 0.29) is 17.6 Å². The van der Waals surface area contributed by atoms with E-state index in [4.69, 9.17) is 9.47 Å². The van der Waals surface area contributed by atoms with Crippen molar-refractivity contribution in [3.8, 4) is 11.5 Å². The summed E-state index contributed by atoms with van der Waals surface area (Å²) in [4.78, 5) is 15.2. The largest absolute Gasteiger partial charge is 0.493 e. The Morgan fingerprint density at radius 2 is 2.08 bits per heavy atom. The molecule has 0 radical (unpaired) electrons. The number of rotatable bonds is 6. The smallest absolute Gasteiger partial charge is 0.251 e. The molecule has 2 aromatic carbocycles. The highest BCUT2D eigenvalue weighted by Gasteiger charge is 2.39. The van der Waals surface area contributed by atoms with Crippen LogP contribution in [0.5, 0.6) is 11.5 Å². The number of carbonyl (C=O) groups is 1. The molecule has 3 aliphatic rings. The van der Waals surface area contributed by atoms with Gasteiger partial charge in [-0.05, 0) is 56.7 Å². The molecule has 6 nitrogen and oxygen atoms in total. The van der Waals surface area contributed by atoms with Gasteiger partial charge in [-0.1, -0.05) is 18.2 Å². The molecule has 5 rings (SSSR count). The minimum absolute atomic E-state index is 0.0780. The van der Waals surface area contributed by atoms with Crippen molar-refractivity contribution in [1.29, 1.82) is 0 Å². The van der Waals surface area contributed by atoms with E-state index in [1.165, 1.54) is 7.11 Å². The molecule has 0 spiro atoms. The number of benzene rings is 2. The number of methoxy groups -OCH3 is 1. The molecule has 8 heteroatoms. The van der Waals surface area contributed by atoms with E-state index in [1.54, 1.807) is 38.1 Å². The van der Waals surface area contributed by atoms with Gasteiger partial charge in [0.1, 0.15) is 11.9 Å². The molecule has 2 heterocycles. The first kappa shape index (κ1) is 25.0. The van der Waals surface area contributed by atoms with Crippen LogP contribution < -0.4 is 14.8 Å². The Hall–Kier alpha value is -2.71. The number of aliphatic hydroxyl groups is 1. The molecule has 3 atom stereocenters. The summed E-state index contributed by atoms with van der Waals surface area (Å²) < 4.78 is 40.1. The van der Waals surface area contributed by atoms with E-state index in [9.17, 15) is 14.3 Å². The van der Waals surface area contributed by atoms with E-state index >= 15 is 4.39 Å². The van der Waals surface area contributed by atoms with Crippen molar-refractivity contribution < 1.29 is 28.2 Å². The number of fused-ring (bicyclic) bond motifs is 1. The topological polar surface area (TPSA) is 71.0 Å². The van der Waals surface area contributed by atoms with Crippen LogP contribution in [0.3, 0.4) is 0 Å². The van der Waals surface area contributed by atoms with Gasteiger partial charge >= 0.3 is 0 Å². The molecule has 2 fully saturated rings. The van der Waals surface area contributed by atoms with Crippen LogP contribution in [0.1, 0.15) is 78.5 Å². The Bertz CT molecular complexity index is 1150. The number of carbonyl (C=O) groups excluding carboxylic acids is 1. The van der Waals surface area contributed by atoms with Crippen molar-refractivity contribution in [2.24, 2.45) is 0 Å². The number of alkyl halides is 1. The Labute approximate surface area is 210 Å². The van der Waals surface area contributed by atoms with Gasteiger partial charge in [0.05, 0.1) is 25.4 Å².